The maximum absolute atomic E-state index is 15.5. The Balaban J connectivity index is 1.12. The van der Waals surface area contributed by atoms with Crippen molar-refractivity contribution in [3.05, 3.63) is 60.1 Å². The topological polar surface area (TPSA) is 89.0 Å². The van der Waals surface area contributed by atoms with Gasteiger partial charge in [0.25, 0.3) is 5.89 Å². The third-order valence-electron chi connectivity index (χ3n) is 6.83. The monoisotopic (exact) mass is 528 g/mol. The highest BCUT2D eigenvalue weighted by Gasteiger charge is 2.44. The van der Waals surface area contributed by atoms with E-state index in [-0.39, 0.29) is 18.3 Å². The van der Waals surface area contributed by atoms with Crippen LogP contribution in [0.1, 0.15) is 30.9 Å². The number of hydrogen-bond acceptors (Lipinski definition) is 8. The molecule has 2 fully saturated rings. The number of hydrogen-bond donors (Lipinski definition) is 0. The predicted octanol–water partition coefficient (Wildman–Crippen LogP) is 4.14. The zero-order valence-corrected chi connectivity index (χ0v) is 20.3. The Labute approximate surface area is 215 Å². The number of aromatic nitrogens is 6. The molecule has 1 aliphatic heterocycles. The first kappa shape index (κ1) is 24.5. The molecule has 1 saturated carbocycles. The lowest BCUT2D eigenvalue weighted by molar-refractivity contribution is 0.116. The fraction of sp³-hybridized carbons (Fsp3) is 0.400. The van der Waals surface area contributed by atoms with E-state index in [4.69, 9.17) is 4.42 Å². The van der Waals surface area contributed by atoms with E-state index in [1.165, 1.54) is 10.9 Å². The molecule has 9 nitrogen and oxygen atoms in total. The van der Waals surface area contributed by atoms with Crippen LogP contribution in [0.25, 0.3) is 22.7 Å². The molecule has 0 radical (unpaired) electrons. The van der Waals surface area contributed by atoms with Crippen LogP contribution in [0, 0.1) is 5.82 Å². The van der Waals surface area contributed by atoms with Crippen LogP contribution < -0.4 is 4.90 Å². The van der Waals surface area contributed by atoms with Gasteiger partial charge in [0.15, 0.2) is 5.82 Å². The minimum absolute atomic E-state index is 0.0478. The van der Waals surface area contributed by atoms with Crippen LogP contribution in [0.2, 0.25) is 0 Å². The van der Waals surface area contributed by atoms with Crippen LogP contribution in [-0.4, -0.2) is 73.5 Å². The highest BCUT2D eigenvalue weighted by molar-refractivity contribution is 5.66. The molecule has 4 heterocycles. The van der Waals surface area contributed by atoms with Crippen molar-refractivity contribution >= 4 is 5.69 Å². The molecule has 0 bridgehead atoms. The van der Waals surface area contributed by atoms with Gasteiger partial charge in [0.2, 0.25) is 5.89 Å². The van der Waals surface area contributed by atoms with Gasteiger partial charge in [-0.1, -0.05) is 11.3 Å². The van der Waals surface area contributed by atoms with E-state index in [0.717, 1.165) is 0 Å². The second-order valence-electron chi connectivity index (χ2n) is 9.64. The van der Waals surface area contributed by atoms with Gasteiger partial charge in [0, 0.05) is 44.5 Å². The maximum atomic E-state index is 15.5. The summed E-state index contributed by atoms with van der Waals surface area (Å²) in [6, 6.07) is 8.50. The highest BCUT2D eigenvalue weighted by atomic mass is 19.3. The summed E-state index contributed by atoms with van der Waals surface area (Å²) in [4.78, 5) is 8.39. The molecule has 3 aromatic heterocycles. The number of benzene rings is 1. The van der Waals surface area contributed by atoms with Crippen molar-refractivity contribution in [1.29, 1.82) is 0 Å². The molecule has 0 spiro atoms. The zero-order valence-electron chi connectivity index (χ0n) is 20.3. The van der Waals surface area contributed by atoms with Crippen LogP contribution in [-0.2, 0) is 6.54 Å². The Hall–Kier alpha value is -3.87. The second-order valence-corrected chi connectivity index (χ2v) is 9.64. The predicted molar refractivity (Wildman–Crippen MR) is 129 cm³/mol. The number of rotatable bonds is 8. The van der Waals surface area contributed by atoms with Gasteiger partial charge in [0.1, 0.15) is 11.4 Å². The van der Waals surface area contributed by atoms with Crippen LogP contribution in [0.15, 0.2) is 47.1 Å². The van der Waals surface area contributed by atoms with Gasteiger partial charge in [-0.05, 0) is 37.1 Å². The van der Waals surface area contributed by atoms with Crippen LogP contribution in [0.5, 0.6) is 0 Å². The minimum atomic E-state index is -2.84. The lowest BCUT2D eigenvalue weighted by Gasteiger charge is -2.37. The van der Waals surface area contributed by atoms with Crippen molar-refractivity contribution < 1.29 is 22.0 Å². The van der Waals surface area contributed by atoms with E-state index in [0.29, 0.717) is 73.8 Å². The lowest BCUT2D eigenvalue weighted by atomic mass is 10.1. The van der Waals surface area contributed by atoms with Gasteiger partial charge >= 0.3 is 6.43 Å². The molecule has 1 aromatic carbocycles. The molecule has 0 amide bonds. The molecule has 6 rings (SSSR count). The molecule has 0 atom stereocenters. The van der Waals surface area contributed by atoms with E-state index in [1.807, 2.05) is 4.90 Å². The third kappa shape index (κ3) is 5.10. The largest absolute Gasteiger partial charge is 0.415 e. The van der Waals surface area contributed by atoms with Crippen molar-refractivity contribution in [3.8, 4) is 22.7 Å². The number of anilines is 1. The third-order valence-corrected chi connectivity index (χ3v) is 6.83. The van der Waals surface area contributed by atoms with Crippen LogP contribution in [0.3, 0.4) is 0 Å². The quantitative estimate of drug-likeness (QED) is 0.316. The Morgan fingerprint density at radius 1 is 1.00 bits per heavy atom. The average molecular weight is 529 g/mol. The van der Waals surface area contributed by atoms with Gasteiger partial charge in [-0.2, -0.15) is 8.78 Å². The average Bonchev–Trinajstić information content (AvgIpc) is 3.28. The van der Waals surface area contributed by atoms with Gasteiger partial charge in [0.05, 0.1) is 29.7 Å². The molecule has 0 unspecified atom stereocenters. The molecular weight excluding hydrogens is 504 g/mol. The van der Waals surface area contributed by atoms with E-state index in [9.17, 15) is 13.2 Å². The Bertz CT molecular complexity index is 1410. The standard InChI is InChI=1S/C25H24F4N8O/c26-21-18(2-1-3-20(21)36-10-8-35(9-11-36)15-25(29)6-7-25)19-14-37(34-31-19)13-17-5-4-16(12-30-17)23-32-33-24(38-23)22(27)28/h1-5,12,14,22H,6-11,13,15H2. The van der Waals surface area contributed by atoms with Gasteiger partial charge in [-0.25, -0.2) is 13.5 Å². The first-order chi connectivity index (χ1) is 18.4. The van der Waals surface area contributed by atoms with Crippen LogP contribution in [0.4, 0.5) is 23.2 Å². The minimum Gasteiger partial charge on any atom is -0.415 e. The molecule has 1 saturated heterocycles. The van der Waals surface area contributed by atoms with Gasteiger partial charge < -0.3 is 9.32 Å². The molecule has 0 N–H and O–H groups in total. The first-order valence-electron chi connectivity index (χ1n) is 12.3. The molecule has 2 aliphatic rings. The molecule has 198 valence electrons. The summed E-state index contributed by atoms with van der Waals surface area (Å²) < 4.78 is 61.4. The molecular formula is C25H24F4N8O. The summed E-state index contributed by atoms with van der Waals surface area (Å²) in [5.74, 6) is -1.17. The van der Waals surface area contributed by atoms with E-state index in [1.54, 1.807) is 36.5 Å². The number of pyridine rings is 1. The van der Waals surface area contributed by atoms with Crippen molar-refractivity contribution in [2.24, 2.45) is 0 Å². The number of alkyl halides is 3. The van der Waals surface area contributed by atoms with Crippen LogP contribution >= 0.6 is 0 Å². The van der Waals surface area contributed by atoms with Gasteiger partial charge in [-0.15, -0.1) is 15.3 Å². The SMILES string of the molecule is Fc1c(-c2cn(Cc3ccc(-c4nnc(C(F)F)o4)cn3)nn2)cccc1N1CCN(CC2(F)CC2)CC1. The Kier molecular flexibility index (Phi) is 6.30. The summed E-state index contributed by atoms with van der Waals surface area (Å²) in [6.45, 7) is 3.35. The fourth-order valence-corrected chi connectivity index (χ4v) is 4.55. The van der Waals surface area contributed by atoms with E-state index >= 15 is 4.39 Å². The summed E-state index contributed by atoms with van der Waals surface area (Å²) in [6.07, 6.45) is 1.51. The second kappa shape index (κ2) is 9.78. The molecule has 1 aliphatic carbocycles. The van der Waals surface area contributed by atoms with Crippen molar-refractivity contribution in [3.63, 3.8) is 0 Å². The highest BCUT2D eigenvalue weighted by Crippen LogP contribution is 2.40. The zero-order chi connectivity index (χ0) is 26.3. The maximum Gasteiger partial charge on any atom is 0.314 e. The number of nitrogens with zero attached hydrogens (tertiary/aromatic N) is 8. The summed E-state index contributed by atoms with van der Waals surface area (Å²) >= 11 is 0. The summed E-state index contributed by atoms with van der Waals surface area (Å²) in [5.41, 5.74) is 1.22. The summed E-state index contributed by atoms with van der Waals surface area (Å²) in [7, 11) is 0. The van der Waals surface area contributed by atoms with Crippen molar-refractivity contribution in [1.82, 2.24) is 35.1 Å². The summed E-state index contributed by atoms with van der Waals surface area (Å²) in [5, 5.41) is 15.2. The molecule has 4 aromatic rings. The van der Waals surface area contributed by atoms with Crippen molar-refractivity contribution in [2.45, 2.75) is 31.5 Å². The fourth-order valence-electron chi connectivity index (χ4n) is 4.55. The molecule has 38 heavy (non-hydrogen) atoms. The Morgan fingerprint density at radius 3 is 2.50 bits per heavy atom. The van der Waals surface area contributed by atoms with E-state index in [2.05, 4.69) is 30.4 Å². The lowest BCUT2D eigenvalue weighted by Crippen LogP contribution is -2.48. The van der Waals surface area contributed by atoms with Crippen molar-refractivity contribution in [2.75, 3.05) is 37.6 Å². The molecule has 13 heteroatoms. The normalized spacial score (nSPS) is 17.3. The Morgan fingerprint density at radius 2 is 1.82 bits per heavy atom. The smallest absolute Gasteiger partial charge is 0.314 e. The van der Waals surface area contributed by atoms with E-state index < -0.39 is 18.0 Å². The number of piperazine rings is 1. The number of halogens is 4. The first-order valence-corrected chi connectivity index (χ1v) is 12.3. The van der Waals surface area contributed by atoms with Gasteiger partial charge in [-0.3, -0.25) is 9.88 Å².